The first-order valence-corrected chi connectivity index (χ1v) is 7.84. The van der Waals surface area contributed by atoms with Crippen LogP contribution >= 0.6 is 0 Å². The zero-order chi connectivity index (χ0) is 12.2. The van der Waals surface area contributed by atoms with Crippen molar-refractivity contribution >= 4 is 0 Å². The number of nitrogens with two attached hydrogens (primary N) is 1. The average molecular weight is 247 g/mol. The smallest absolute Gasteiger partial charge is 0.0790 e. The predicted octanol–water partition coefficient (Wildman–Crippen LogP) is 3.72. The monoisotopic (exact) mass is 247 g/mol. The van der Waals surface area contributed by atoms with Gasteiger partial charge in [-0.1, -0.05) is 11.1 Å². The van der Waals surface area contributed by atoms with Crippen LogP contribution in [-0.2, 0) is 4.84 Å². The average Bonchev–Trinajstić information content (AvgIpc) is 2.59. The fourth-order valence-corrected chi connectivity index (χ4v) is 5.63. The Hall–Kier alpha value is -0.340. The summed E-state index contributed by atoms with van der Waals surface area (Å²) >= 11 is 0. The van der Waals surface area contributed by atoms with Gasteiger partial charge in [0.1, 0.15) is 0 Å². The summed E-state index contributed by atoms with van der Waals surface area (Å²) in [7, 11) is 0. The zero-order valence-electron chi connectivity index (χ0n) is 11.3. The van der Waals surface area contributed by atoms with E-state index in [0.29, 0.717) is 11.5 Å². The number of allylic oxidation sites excluding steroid dienone is 2. The van der Waals surface area contributed by atoms with Gasteiger partial charge in [-0.3, -0.25) is 0 Å². The summed E-state index contributed by atoms with van der Waals surface area (Å²) in [5.74, 6) is 7.34. The molecule has 3 saturated carbocycles. The van der Waals surface area contributed by atoms with Gasteiger partial charge in [0.2, 0.25) is 0 Å². The van der Waals surface area contributed by atoms with Gasteiger partial charge in [0.05, 0.1) is 6.10 Å². The largest absolute Gasteiger partial charge is 0.301 e. The summed E-state index contributed by atoms with van der Waals surface area (Å²) in [5.41, 5.74) is 4.38. The third-order valence-corrected chi connectivity index (χ3v) is 6.52. The number of fused-ring (bicyclic) bond motifs is 3. The van der Waals surface area contributed by atoms with Crippen LogP contribution in [0.3, 0.4) is 0 Å². The summed E-state index contributed by atoms with van der Waals surface area (Å²) in [6.07, 6.45) is 14.1. The van der Waals surface area contributed by atoms with E-state index in [1.807, 2.05) is 11.1 Å². The highest BCUT2D eigenvalue weighted by Gasteiger charge is 2.49. The van der Waals surface area contributed by atoms with Crippen LogP contribution in [0.15, 0.2) is 11.1 Å². The van der Waals surface area contributed by atoms with Crippen LogP contribution in [0.2, 0.25) is 0 Å². The fraction of sp³-hybridized carbons (Fsp3) is 0.875. The predicted molar refractivity (Wildman–Crippen MR) is 71.7 cm³/mol. The van der Waals surface area contributed by atoms with Crippen molar-refractivity contribution in [1.29, 1.82) is 0 Å². The van der Waals surface area contributed by atoms with Gasteiger partial charge in [-0.05, 0) is 81.5 Å². The quantitative estimate of drug-likeness (QED) is 0.566. The molecule has 0 aromatic carbocycles. The molecule has 0 amide bonds. The zero-order valence-corrected chi connectivity index (χ0v) is 11.3. The van der Waals surface area contributed by atoms with Crippen molar-refractivity contribution in [2.24, 2.45) is 23.1 Å². The van der Waals surface area contributed by atoms with E-state index in [0.717, 1.165) is 11.8 Å². The summed E-state index contributed by atoms with van der Waals surface area (Å²) in [6.45, 7) is 0. The van der Waals surface area contributed by atoms with Gasteiger partial charge in [0.25, 0.3) is 0 Å². The molecule has 100 valence electrons. The maximum atomic E-state index is 5.53. The molecule has 4 atom stereocenters. The molecule has 18 heavy (non-hydrogen) atoms. The van der Waals surface area contributed by atoms with Crippen LogP contribution in [0.5, 0.6) is 0 Å². The number of hydrogen-bond acceptors (Lipinski definition) is 2. The van der Waals surface area contributed by atoms with Crippen LogP contribution in [0, 0.1) is 17.3 Å². The van der Waals surface area contributed by atoms with E-state index in [9.17, 15) is 0 Å². The van der Waals surface area contributed by atoms with Crippen LogP contribution in [0.1, 0.15) is 64.2 Å². The Bertz CT molecular complexity index is 389. The topological polar surface area (TPSA) is 35.2 Å². The van der Waals surface area contributed by atoms with Crippen molar-refractivity contribution in [2.75, 3.05) is 0 Å². The summed E-state index contributed by atoms with van der Waals surface area (Å²) < 4.78 is 0. The molecule has 1 spiro atoms. The van der Waals surface area contributed by atoms with Gasteiger partial charge in [0.15, 0.2) is 0 Å². The van der Waals surface area contributed by atoms with Gasteiger partial charge >= 0.3 is 0 Å². The maximum absolute atomic E-state index is 5.53. The second kappa shape index (κ2) is 4.08. The second-order valence-electron chi connectivity index (χ2n) is 7.33. The van der Waals surface area contributed by atoms with E-state index in [-0.39, 0.29) is 0 Å². The van der Waals surface area contributed by atoms with Gasteiger partial charge < -0.3 is 4.84 Å². The Morgan fingerprint density at radius 2 is 2.06 bits per heavy atom. The molecule has 0 radical (unpaired) electrons. The molecule has 0 aromatic heterocycles. The van der Waals surface area contributed by atoms with Gasteiger partial charge in [-0.15, -0.1) is 0 Å². The first-order valence-electron chi connectivity index (χ1n) is 7.84. The van der Waals surface area contributed by atoms with Crippen molar-refractivity contribution < 1.29 is 4.84 Å². The molecule has 3 fully saturated rings. The van der Waals surface area contributed by atoms with Crippen molar-refractivity contribution in [3.63, 3.8) is 0 Å². The third-order valence-electron chi connectivity index (χ3n) is 6.52. The van der Waals surface area contributed by atoms with E-state index in [4.69, 9.17) is 10.7 Å². The normalized spacial score (nSPS) is 46.8. The summed E-state index contributed by atoms with van der Waals surface area (Å²) in [5, 5.41) is 0. The molecule has 5 rings (SSSR count). The van der Waals surface area contributed by atoms with E-state index in [1.165, 1.54) is 64.2 Å². The molecule has 5 aliphatic carbocycles. The molecule has 0 aliphatic heterocycles. The minimum Gasteiger partial charge on any atom is -0.301 e. The SMILES string of the molecule is NOC1CCC2CC3=C4CCC(C1)C(CC4)(C3)C2. The standard InChI is InChI=1S/C16H25NO/c17-18-15-4-1-11-7-13-10-16(9-11)6-5-12(13)2-3-14(16)8-15/h11,14-15H,1-10,17H2. The lowest BCUT2D eigenvalue weighted by Crippen LogP contribution is -2.41. The van der Waals surface area contributed by atoms with Crippen LogP contribution < -0.4 is 5.90 Å². The fourth-order valence-electron chi connectivity index (χ4n) is 5.63. The van der Waals surface area contributed by atoms with E-state index in [2.05, 4.69) is 0 Å². The van der Waals surface area contributed by atoms with Crippen molar-refractivity contribution in [3.8, 4) is 0 Å². The first-order chi connectivity index (χ1) is 8.79. The molecule has 2 heteroatoms. The van der Waals surface area contributed by atoms with Crippen molar-refractivity contribution in [1.82, 2.24) is 0 Å². The van der Waals surface area contributed by atoms with E-state index < -0.39 is 0 Å². The maximum Gasteiger partial charge on any atom is 0.0790 e. The summed E-state index contributed by atoms with van der Waals surface area (Å²) in [4.78, 5) is 5.27. The Morgan fingerprint density at radius 1 is 1.11 bits per heavy atom. The molecule has 2 N–H and O–H groups in total. The Kier molecular flexibility index (Phi) is 2.60. The number of rotatable bonds is 1. The van der Waals surface area contributed by atoms with Gasteiger partial charge in [0, 0.05) is 0 Å². The lowest BCUT2D eigenvalue weighted by molar-refractivity contribution is -0.0298. The number of hydrogen-bond donors (Lipinski definition) is 1. The molecule has 0 saturated heterocycles. The molecule has 2 nitrogen and oxygen atoms in total. The minimum absolute atomic E-state index is 0.332. The molecular formula is C16H25NO. The first kappa shape index (κ1) is 11.5. The summed E-state index contributed by atoms with van der Waals surface area (Å²) in [6, 6.07) is 0. The molecule has 0 heterocycles. The molecule has 4 unspecified atom stereocenters. The van der Waals surface area contributed by atoms with Gasteiger partial charge in [-0.2, -0.15) is 0 Å². The highest BCUT2D eigenvalue weighted by molar-refractivity contribution is 5.27. The Labute approximate surface area is 110 Å². The van der Waals surface area contributed by atoms with Crippen LogP contribution in [-0.4, -0.2) is 6.10 Å². The highest BCUT2D eigenvalue weighted by Crippen LogP contribution is 2.61. The molecule has 0 aromatic rings. The van der Waals surface area contributed by atoms with Crippen LogP contribution in [0.25, 0.3) is 0 Å². The van der Waals surface area contributed by atoms with Gasteiger partial charge in [-0.25, -0.2) is 5.90 Å². The minimum atomic E-state index is 0.332. The lowest BCUT2D eigenvalue weighted by atomic mass is 9.55. The van der Waals surface area contributed by atoms with Crippen LogP contribution in [0.4, 0.5) is 0 Å². The Morgan fingerprint density at radius 3 is 2.94 bits per heavy atom. The third kappa shape index (κ3) is 1.61. The highest BCUT2D eigenvalue weighted by atomic mass is 16.6. The van der Waals surface area contributed by atoms with E-state index in [1.54, 1.807) is 0 Å². The van der Waals surface area contributed by atoms with E-state index >= 15 is 0 Å². The second-order valence-corrected chi connectivity index (χ2v) is 7.33. The molecule has 5 aliphatic rings. The molecular weight excluding hydrogens is 222 g/mol. The lowest BCUT2D eigenvalue weighted by Gasteiger charge is -2.50. The van der Waals surface area contributed by atoms with Crippen molar-refractivity contribution in [2.45, 2.75) is 70.3 Å². The van der Waals surface area contributed by atoms with Crippen molar-refractivity contribution in [3.05, 3.63) is 11.1 Å². The Balaban J connectivity index is 1.74. The molecule has 4 bridgehead atoms.